The molecule has 1 rings (SSSR count). The molecule has 0 radical (unpaired) electrons. The first-order chi connectivity index (χ1) is 7.77. The summed E-state index contributed by atoms with van der Waals surface area (Å²) in [7, 11) is 0. The summed E-state index contributed by atoms with van der Waals surface area (Å²) in [5.41, 5.74) is 2.93. The van der Waals surface area contributed by atoms with E-state index in [9.17, 15) is 0 Å². The molecule has 1 N–H and O–H groups in total. The van der Waals surface area contributed by atoms with Crippen LogP contribution in [0.3, 0.4) is 0 Å². The maximum atomic E-state index is 3.57. The fourth-order valence-corrected chi connectivity index (χ4v) is 2.21. The molecule has 0 aliphatic rings. The minimum Gasteiger partial charge on any atom is -0.314 e. The van der Waals surface area contributed by atoms with Gasteiger partial charge in [0.2, 0.25) is 0 Å². The van der Waals surface area contributed by atoms with E-state index in [2.05, 4.69) is 50.4 Å². The lowest BCUT2D eigenvalue weighted by Crippen LogP contribution is -2.29. The van der Waals surface area contributed by atoms with Crippen LogP contribution in [0, 0.1) is 6.92 Å². The van der Waals surface area contributed by atoms with Crippen molar-refractivity contribution in [1.82, 2.24) is 5.32 Å². The topological polar surface area (TPSA) is 12.0 Å². The van der Waals surface area contributed by atoms with E-state index in [-0.39, 0.29) is 0 Å². The number of hydrogen-bond acceptors (Lipinski definition) is 1. The van der Waals surface area contributed by atoms with E-state index < -0.39 is 0 Å². The van der Waals surface area contributed by atoms with Crippen LogP contribution in [0.15, 0.2) is 24.3 Å². The zero-order valence-corrected chi connectivity index (χ0v) is 10.9. The first kappa shape index (κ1) is 13.2. The second-order valence-electron chi connectivity index (χ2n) is 4.51. The molecule has 0 aliphatic carbocycles. The van der Waals surface area contributed by atoms with Crippen molar-refractivity contribution in [2.24, 2.45) is 0 Å². The molecule has 1 heteroatoms. The Balaban J connectivity index is 2.45. The molecule has 0 bridgehead atoms. The van der Waals surface area contributed by atoms with Gasteiger partial charge in [-0.2, -0.15) is 0 Å². The van der Waals surface area contributed by atoms with Crippen molar-refractivity contribution >= 4 is 0 Å². The Morgan fingerprint density at radius 2 is 1.88 bits per heavy atom. The van der Waals surface area contributed by atoms with E-state index in [1.807, 2.05) is 0 Å². The average Bonchev–Trinajstić information content (AvgIpc) is 2.28. The molecule has 0 heterocycles. The summed E-state index contributed by atoms with van der Waals surface area (Å²) in [6.07, 6.45) is 5.02. The monoisotopic (exact) mass is 219 g/mol. The lowest BCUT2D eigenvalue weighted by atomic mass is 9.99. The number of hydrogen-bond donors (Lipinski definition) is 1. The summed E-state index contributed by atoms with van der Waals surface area (Å²) in [5, 5.41) is 3.57. The van der Waals surface area contributed by atoms with E-state index in [1.54, 1.807) is 0 Å². The van der Waals surface area contributed by atoms with Gasteiger partial charge in [0.05, 0.1) is 0 Å². The second kappa shape index (κ2) is 7.45. The molecule has 0 saturated heterocycles. The molecule has 0 spiro atoms. The Kier molecular flexibility index (Phi) is 6.17. The van der Waals surface area contributed by atoms with E-state index in [0.29, 0.717) is 6.04 Å². The third-order valence-electron chi connectivity index (χ3n) is 3.15. The molecular weight excluding hydrogens is 194 g/mol. The van der Waals surface area contributed by atoms with E-state index >= 15 is 0 Å². The van der Waals surface area contributed by atoms with Gasteiger partial charge < -0.3 is 5.32 Å². The van der Waals surface area contributed by atoms with E-state index in [1.165, 1.54) is 36.8 Å². The highest BCUT2D eigenvalue weighted by Gasteiger charge is 2.06. The van der Waals surface area contributed by atoms with Crippen molar-refractivity contribution < 1.29 is 0 Å². The van der Waals surface area contributed by atoms with Crippen LogP contribution in [-0.2, 0) is 6.42 Å². The third kappa shape index (κ3) is 4.36. The Labute approximate surface area is 100 Å². The standard InChI is InChI=1S/C15H25N/c1-4-8-15(16-5-2)12-11-14-10-7-6-9-13(14)3/h6-7,9-10,15-16H,4-5,8,11-12H2,1-3H3. The Hall–Kier alpha value is -0.820. The normalized spacial score (nSPS) is 12.7. The molecule has 1 aromatic rings. The molecule has 0 aliphatic heterocycles. The molecule has 1 atom stereocenters. The summed E-state index contributed by atoms with van der Waals surface area (Å²) in [6, 6.07) is 9.41. The fraction of sp³-hybridized carbons (Fsp3) is 0.600. The smallest absolute Gasteiger partial charge is 0.00700 e. The Morgan fingerprint density at radius 1 is 1.12 bits per heavy atom. The van der Waals surface area contributed by atoms with Crippen LogP contribution in [0.25, 0.3) is 0 Å². The van der Waals surface area contributed by atoms with Gasteiger partial charge in [0.15, 0.2) is 0 Å². The number of rotatable bonds is 7. The summed E-state index contributed by atoms with van der Waals surface area (Å²) in [5.74, 6) is 0. The number of nitrogens with one attached hydrogen (secondary N) is 1. The Morgan fingerprint density at radius 3 is 2.50 bits per heavy atom. The van der Waals surface area contributed by atoms with Crippen LogP contribution in [0.2, 0.25) is 0 Å². The predicted octanol–water partition coefficient (Wildman–Crippen LogP) is 3.71. The molecule has 0 fully saturated rings. The van der Waals surface area contributed by atoms with Crippen LogP contribution in [0.5, 0.6) is 0 Å². The molecule has 1 aromatic carbocycles. The van der Waals surface area contributed by atoms with Crippen LogP contribution < -0.4 is 5.32 Å². The van der Waals surface area contributed by atoms with Gasteiger partial charge in [-0.25, -0.2) is 0 Å². The maximum Gasteiger partial charge on any atom is 0.00700 e. The summed E-state index contributed by atoms with van der Waals surface area (Å²) in [4.78, 5) is 0. The van der Waals surface area contributed by atoms with Gasteiger partial charge in [0.1, 0.15) is 0 Å². The molecule has 1 nitrogen and oxygen atoms in total. The zero-order chi connectivity index (χ0) is 11.8. The largest absolute Gasteiger partial charge is 0.314 e. The van der Waals surface area contributed by atoms with Crippen LogP contribution >= 0.6 is 0 Å². The van der Waals surface area contributed by atoms with Gasteiger partial charge >= 0.3 is 0 Å². The third-order valence-corrected chi connectivity index (χ3v) is 3.15. The highest BCUT2D eigenvalue weighted by molar-refractivity contribution is 5.25. The van der Waals surface area contributed by atoms with Crippen molar-refractivity contribution in [2.45, 2.75) is 52.5 Å². The number of aryl methyl sites for hydroxylation is 2. The van der Waals surface area contributed by atoms with Gasteiger partial charge in [-0.1, -0.05) is 44.5 Å². The molecule has 1 unspecified atom stereocenters. The summed E-state index contributed by atoms with van der Waals surface area (Å²) in [6.45, 7) is 7.74. The van der Waals surface area contributed by atoms with E-state index in [0.717, 1.165) is 6.54 Å². The maximum absolute atomic E-state index is 3.57. The highest BCUT2D eigenvalue weighted by Crippen LogP contribution is 2.12. The molecular formula is C15H25N. The van der Waals surface area contributed by atoms with Gasteiger partial charge in [0.25, 0.3) is 0 Å². The minimum atomic E-state index is 0.689. The molecule has 90 valence electrons. The van der Waals surface area contributed by atoms with Gasteiger partial charge in [0, 0.05) is 6.04 Å². The predicted molar refractivity (Wildman–Crippen MR) is 71.9 cm³/mol. The summed E-state index contributed by atoms with van der Waals surface area (Å²) >= 11 is 0. The van der Waals surface area contributed by atoms with Gasteiger partial charge in [-0.3, -0.25) is 0 Å². The second-order valence-corrected chi connectivity index (χ2v) is 4.51. The van der Waals surface area contributed by atoms with Crippen molar-refractivity contribution in [3.8, 4) is 0 Å². The van der Waals surface area contributed by atoms with Crippen molar-refractivity contribution in [2.75, 3.05) is 6.54 Å². The van der Waals surface area contributed by atoms with Crippen LogP contribution in [0.1, 0.15) is 44.2 Å². The number of benzene rings is 1. The fourth-order valence-electron chi connectivity index (χ4n) is 2.21. The SMILES string of the molecule is CCCC(CCc1ccccc1C)NCC. The molecule has 0 aromatic heterocycles. The lowest BCUT2D eigenvalue weighted by Gasteiger charge is -2.17. The van der Waals surface area contributed by atoms with E-state index in [4.69, 9.17) is 0 Å². The first-order valence-corrected chi connectivity index (χ1v) is 6.55. The molecule has 16 heavy (non-hydrogen) atoms. The molecule has 0 amide bonds. The average molecular weight is 219 g/mol. The van der Waals surface area contributed by atoms with Crippen LogP contribution in [0.4, 0.5) is 0 Å². The summed E-state index contributed by atoms with van der Waals surface area (Å²) < 4.78 is 0. The minimum absolute atomic E-state index is 0.689. The van der Waals surface area contributed by atoms with Gasteiger partial charge in [-0.15, -0.1) is 0 Å². The van der Waals surface area contributed by atoms with Crippen LogP contribution in [-0.4, -0.2) is 12.6 Å². The van der Waals surface area contributed by atoms with Crippen molar-refractivity contribution in [1.29, 1.82) is 0 Å². The van der Waals surface area contributed by atoms with Crippen molar-refractivity contribution in [3.63, 3.8) is 0 Å². The lowest BCUT2D eigenvalue weighted by molar-refractivity contribution is 0.459. The Bertz CT molecular complexity index is 287. The first-order valence-electron chi connectivity index (χ1n) is 6.55. The zero-order valence-electron chi connectivity index (χ0n) is 10.9. The van der Waals surface area contributed by atoms with Gasteiger partial charge in [-0.05, 0) is 43.9 Å². The quantitative estimate of drug-likeness (QED) is 0.737. The van der Waals surface area contributed by atoms with Crippen molar-refractivity contribution in [3.05, 3.63) is 35.4 Å². The molecule has 0 saturated carbocycles. The highest BCUT2D eigenvalue weighted by atomic mass is 14.9.